The zero-order valence-electron chi connectivity index (χ0n) is 10.5. The van der Waals surface area contributed by atoms with Gasteiger partial charge in [-0.15, -0.1) is 0 Å². The molecule has 1 unspecified atom stereocenters. The van der Waals surface area contributed by atoms with Gasteiger partial charge < -0.3 is 5.11 Å². The van der Waals surface area contributed by atoms with E-state index in [0.717, 1.165) is 24.8 Å². The van der Waals surface area contributed by atoms with E-state index in [9.17, 15) is 10.4 Å². The maximum Gasteiger partial charge on any atom is 0.0976 e. The Labute approximate surface area is 103 Å². The van der Waals surface area contributed by atoms with Crippen LogP contribution in [0.5, 0.6) is 0 Å². The molecular weight excluding hydrogens is 210 g/mol. The zero-order chi connectivity index (χ0) is 12.5. The predicted molar refractivity (Wildman–Crippen MR) is 67.4 cm³/mol. The highest BCUT2D eigenvalue weighted by atomic mass is 16.3. The van der Waals surface area contributed by atoms with E-state index in [1.165, 1.54) is 5.56 Å². The molecule has 90 valence electrons. The first-order chi connectivity index (χ1) is 8.09. The van der Waals surface area contributed by atoms with Crippen LogP contribution in [-0.4, -0.2) is 5.11 Å². The van der Waals surface area contributed by atoms with Crippen LogP contribution in [0.25, 0.3) is 0 Å². The van der Waals surface area contributed by atoms with Crippen LogP contribution >= 0.6 is 0 Å². The standard InChI is InChI=1S/C15H19NO/c1-11(2)12-4-6-13(7-5-12)14(17)15(10-16)8-3-9-15/h4-7,11,14,17H,3,8-9H2,1-2H3. The molecule has 0 amide bonds. The lowest BCUT2D eigenvalue weighted by molar-refractivity contribution is 0.00794. The Morgan fingerprint density at radius 2 is 1.71 bits per heavy atom. The fourth-order valence-electron chi connectivity index (χ4n) is 2.39. The summed E-state index contributed by atoms with van der Waals surface area (Å²) in [6, 6.07) is 10.3. The summed E-state index contributed by atoms with van der Waals surface area (Å²) >= 11 is 0. The van der Waals surface area contributed by atoms with E-state index in [1.54, 1.807) is 0 Å². The van der Waals surface area contributed by atoms with Crippen LogP contribution < -0.4 is 0 Å². The molecule has 1 aliphatic carbocycles. The smallest absolute Gasteiger partial charge is 0.0976 e. The van der Waals surface area contributed by atoms with Crippen molar-refractivity contribution < 1.29 is 5.11 Å². The van der Waals surface area contributed by atoms with Crippen LogP contribution in [0.2, 0.25) is 0 Å². The van der Waals surface area contributed by atoms with Gasteiger partial charge in [-0.2, -0.15) is 5.26 Å². The monoisotopic (exact) mass is 229 g/mol. The molecule has 1 aromatic rings. The van der Waals surface area contributed by atoms with E-state index >= 15 is 0 Å². The molecule has 0 saturated heterocycles. The first-order valence-corrected chi connectivity index (χ1v) is 6.28. The molecule has 2 heteroatoms. The molecular formula is C15H19NO. The highest BCUT2D eigenvalue weighted by Gasteiger charge is 2.44. The van der Waals surface area contributed by atoms with Crippen molar-refractivity contribution in [1.82, 2.24) is 0 Å². The molecule has 17 heavy (non-hydrogen) atoms. The van der Waals surface area contributed by atoms with Crippen LogP contribution in [0.15, 0.2) is 24.3 Å². The van der Waals surface area contributed by atoms with Gasteiger partial charge in [0.2, 0.25) is 0 Å². The first kappa shape index (κ1) is 12.1. The van der Waals surface area contributed by atoms with E-state index in [4.69, 9.17) is 0 Å². The van der Waals surface area contributed by atoms with Gasteiger partial charge in [0.05, 0.1) is 17.6 Å². The highest BCUT2D eigenvalue weighted by molar-refractivity contribution is 5.29. The van der Waals surface area contributed by atoms with Crippen LogP contribution in [0.3, 0.4) is 0 Å². The van der Waals surface area contributed by atoms with Crippen LogP contribution in [0.1, 0.15) is 56.3 Å². The Morgan fingerprint density at radius 1 is 1.18 bits per heavy atom. The number of aliphatic hydroxyl groups excluding tert-OH is 1. The normalized spacial score (nSPS) is 19.5. The van der Waals surface area contributed by atoms with E-state index in [0.29, 0.717) is 5.92 Å². The van der Waals surface area contributed by atoms with Gasteiger partial charge in [-0.1, -0.05) is 44.5 Å². The minimum atomic E-state index is -0.637. The van der Waals surface area contributed by atoms with Gasteiger partial charge in [0.25, 0.3) is 0 Å². The number of aliphatic hydroxyl groups is 1. The quantitative estimate of drug-likeness (QED) is 0.861. The summed E-state index contributed by atoms with van der Waals surface area (Å²) in [6.45, 7) is 4.29. The fraction of sp³-hybridized carbons (Fsp3) is 0.533. The average molecular weight is 229 g/mol. The van der Waals surface area contributed by atoms with E-state index in [2.05, 4.69) is 19.9 Å². The molecule has 1 aliphatic rings. The van der Waals surface area contributed by atoms with Crippen molar-refractivity contribution in [3.63, 3.8) is 0 Å². The maximum atomic E-state index is 10.3. The number of rotatable bonds is 3. The van der Waals surface area contributed by atoms with Crippen molar-refractivity contribution in [3.05, 3.63) is 35.4 Å². The number of hydrogen-bond donors (Lipinski definition) is 1. The van der Waals surface area contributed by atoms with Gasteiger partial charge in [0, 0.05) is 0 Å². The Bertz CT molecular complexity index is 423. The zero-order valence-corrected chi connectivity index (χ0v) is 10.5. The van der Waals surface area contributed by atoms with Crippen LogP contribution in [0.4, 0.5) is 0 Å². The lowest BCUT2D eigenvalue weighted by Gasteiger charge is -2.39. The van der Waals surface area contributed by atoms with Crippen molar-refractivity contribution in [1.29, 1.82) is 5.26 Å². The number of nitrogens with zero attached hydrogens (tertiary/aromatic N) is 1. The Balaban J connectivity index is 2.20. The molecule has 2 rings (SSSR count). The third-order valence-electron chi connectivity index (χ3n) is 3.91. The minimum absolute atomic E-state index is 0.495. The van der Waals surface area contributed by atoms with Gasteiger partial charge >= 0.3 is 0 Å². The molecule has 1 saturated carbocycles. The van der Waals surface area contributed by atoms with Gasteiger partial charge in [-0.25, -0.2) is 0 Å². The number of hydrogen-bond acceptors (Lipinski definition) is 2. The number of benzene rings is 1. The second-order valence-electron chi connectivity index (χ2n) is 5.35. The van der Waals surface area contributed by atoms with Crippen LogP contribution in [-0.2, 0) is 0 Å². The maximum absolute atomic E-state index is 10.3. The van der Waals surface area contributed by atoms with Crippen molar-refractivity contribution in [2.24, 2.45) is 5.41 Å². The van der Waals surface area contributed by atoms with Gasteiger partial charge in [0.1, 0.15) is 0 Å². The summed E-state index contributed by atoms with van der Waals surface area (Å²) in [4.78, 5) is 0. The van der Waals surface area contributed by atoms with Crippen molar-refractivity contribution in [3.8, 4) is 6.07 Å². The van der Waals surface area contributed by atoms with E-state index in [1.807, 2.05) is 24.3 Å². The second-order valence-corrected chi connectivity index (χ2v) is 5.35. The van der Waals surface area contributed by atoms with E-state index < -0.39 is 11.5 Å². The lowest BCUT2D eigenvalue weighted by Crippen LogP contribution is -2.34. The van der Waals surface area contributed by atoms with Crippen molar-refractivity contribution >= 4 is 0 Å². The molecule has 0 bridgehead atoms. The molecule has 1 aromatic carbocycles. The van der Waals surface area contributed by atoms with Gasteiger partial charge in [-0.05, 0) is 29.9 Å². The molecule has 1 atom stereocenters. The summed E-state index contributed by atoms with van der Waals surface area (Å²) in [5, 5.41) is 19.5. The second kappa shape index (κ2) is 4.50. The van der Waals surface area contributed by atoms with Crippen molar-refractivity contribution in [2.75, 3.05) is 0 Å². The highest BCUT2D eigenvalue weighted by Crippen LogP contribution is 2.49. The molecule has 0 spiro atoms. The van der Waals surface area contributed by atoms with Gasteiger partial charge in [0.15, 0.2) is 0 Å². The third-order valence-corrected chi connectivity index (χ3v) is 3.91. The van der Waals surface area contributed by atoms with Gasteiger partial charge in [-0.3, -0.25) is 0 Å². The summed E-state index contributed by atoms with van der Waals surface area (Å²) in [6.07, 6.45) is 2.05. The summed E-state index contributed by atoms with van der Waals surface area (Å²) in [7, 11) is 0. The largest absolute Gasteiger partial charge is 0.387 e. The molecule has 0 aromatic heterocycles. The molecule has 2 nitrogen and oxygen atoms in total. The molecule has 0 radical (unpaired) electrons. The minimum Gasteiger partial charge on any atom is -0.387 e. The third kappa shape index (κ3) is 2.08. The predicted octanol–water partition coefficient (Wildman–Crippen LogP) is 3.54. The molecule has 0 aliphatic heterocycles. The van der Waals surface area contributed by atoms with E-state index in [-0.39, 0.29) is 0 Å². The molecule has 1 fully saturated rings. The molecule has 1 N–H and O–H groups in total. The molecule has 0 heterocycles. The summed E-state index contributed by atoms with van der Waals surface area (Å²) in [5.74, 6) is 0.495. The lowest BCUT2D eigenvalue weighted by atomic mass is 9.64. The Morgan fingerprint density at radius 3 is 2.06 bits per heavy atom. The Hall–Kier alpha value is -1.33. The SMILES string of the molecule is CC(C)c1ccc(C(O)C2(C#N)CCC2)cc1. The van der Waals surface area contributed by atoms with Crippen molar-refractivity contribution in [2.45, 2.75) is 45.1 Å². The summed E-state index contributed by atoms with van der Waals surface area (Å²) < 4.78 is 0. The topological polar surface area (TPSA) is 44.0 Å². The number of nitriles is 1. The van der Waals surface area contributed by atoms with Crippen LogP contribution in [0, 0.1) is 16.7 Å². The summed E-state index contributed by atoms with van der Waals surface area (Å²) in [5.41, 5.74) is 1.61. The Kier molecular flexibility index (Phi) is 3.22. The first-order valence-electron chi connectivity index (χ1n) is 6.28. The average Bonchev–Trinajstić information content (AvgIpc) is 2.28. The fourth-order valence-corrected chi connectivity index (χ4v) is 2.39.